The lowest BCUT2D eigenvalue weighted by Gasteiger charge is -2.19. The Morgan fingerprint density at radius 1 is 0.350 bits per heavy atom. The molecule has 0 fully saturated rings. The summed E-state index contributed by atoms with van der Waals surface area (Å²) in [5.41, 5.74) is 4.04. The van der Waals surface area contributed by atoms with Gasteiger partial charge in [0.2, 0.25) is 0 Å². The second-order valence-corrected chi connectivity index (χ2v) is 9.91. The minimum Gasteiger partial charge on any atom is -0.0622 e. The van der Waals surface area contributed by atoms with E-state index in [2.05, 4.69) is 36.4 Å². The third-order valence-electron chi connectivity index (χ3n) is 7.70. The summed E-state index contributed by atoms with van der Waals surface area (Å²) in [6.45, 7) is 0. The van der Waals surface area contributed by atoms with E-state index >= 15 is 0 Å². The quantitative estimate of drug-likeness (QED) is 0.206. The van der Waals surface area contributed by atoms with Gasteiger partial charge in [0, 0.05) is 0 Å². The molecule has 0 spiro atoms. The number of hydrogen-bond acceptors (Lipinski definition) is 0. The third-order valence-corrected chi connectivity index (χ3v) is 7.70. The summed E-state index contributed by atoms with van der Waals surface area (Å²) in [5.74, 6) is 0. The molecule has 0 nitrogen and oxygen atoms in total. The number of rotatable bonds is 3. The molecule has 0 unspecified atom stereocenters. The maximum absolute atomic E-state index is 9.23. The van der Waals surface area contributed by atoms with Gasteiger partial charge in [0.15, 0.2) is 0 Å². The van der Waals surface area contributed by atoms with E-state index in [4.69, 9.17) is 6.85 Å². The molecule has 0 atom stereocenters. The van der Waals surface area contributed by atoms with Gasteiger partial charge < -0.3 is 0 Å². The lowest BCUT2D eigenvalue weighted by molar-refractivity contribution is 1.65. The molecule has 8 aromatic rings. The van der Waals surface area contributed by atoms with E-state index in [0.717, 1.165) is 32.7 Å². The van der Waals surface area contributed by atoms with Crippen LogP contribution in [0.5, 0.6) is 0 Å². The summed E-state index contributed by atoms with van der Waals surface area (Å²) < 4.78 is 62.8. The molecule has 8 aromatic carbocycles. The fourth-order valence-electron chi connectivity index (χ4n) is 5.95. The van der Waals surface area contributed by atoms with Crippen LogP contribution in [0.4, 0.5) is 0 Å². The van der Waals surface area contributed by atoms with Crippen molar-refractivity contribution in [3.05, 3.63) is 158 Å². The highest BCUT2D eigenvalue weighted by Crippen LogP contribution is 2.46. The minimum absolute atomic E-state index is 0.00520. The van der Waals surface area contributed by atoms with E-state index in [1.54, 1.807) is 24.3 Å². The van der Waals surface area contributed by atoms with Crippen LogP contribution < -0.4 is 0 Å². The smallest absolute Gasteiger partial charge is 0.0622 e. The molecule has 0 heterocycles. The average Bonchev–Trinajstić information content (AvgIpc) is 3.08. The summed E-state index contributed by atoms with van der Waals surface area (Å²) >= 11 is 0. The van der Waals surface area contributed by atoms with Crippen molar-refractivity contribution in [2.45, 2.75) is 0 Å². The zero-order chi connectivity index (χ0) is 32.6. The van der Waals surface area contributed by atoms with Crippen molar-refractivity contribution in [1.82, 2.24) is 0 Å². The summed E-state index contributed by atoms with van der Waals surface area (Å²) in [4.78, 5) is 0. The maximum atomic E-state index is 9.23. The SMILES string of the molecule is [2H]c1ccccc1-c1c2c([2H])cc([2H])c([2H])c2c(-c2cccc3c(-c4ccc5ccccc5c4)cccc23)c2c([2H])cc([2H])c([2H])c12. The molecule has 186 valence electrons. The normalized spacial score (nSPS) is 13.9. The van der Waals surface area contributed by atoms with Crippen LogP contribution in [-0.2, 0) is 0 Å². The second-order valence-electron chi connectivity index (χ2n) is 9.91. The van der Waals surface area contributed by atoms with Gasteiger partial charge in [-0.05, 0) is 82.5 Å². The van der Waals surface area contributed by atoms with Crippen LogP contribution >= 0.6 is 0 Å². The monoisotopic (exact) mass is 513 g/mol. The molecule has 0 aromatic heterocycles. The minimum atomic E-state index is -0.136. The highest BCUT2D eigenvalue weighted by atomic mass is 14.2. The van der Waals surface area contributed by atoms with Crippen LogP contribution in [0.15, 0.2) is 158 Å². The van der Waals surface area contributed by atoms with Crippen molar-refractivity contribution >= 4 is 43.1 Å². The Kier molecular flexibility index (Phi) is 3.85. The van der Waals surface area contributed by atoms with Crippen LogP contribution in [0.1, 0.15) is 9.60 Å². The molecular weight excluding hydrogens is 480 g/mol. The predicted octanol–water partition coefficient (Wildman–Crippen LogP) is 11.3. The lowest BCUT2D eigenvalue weighted by atomic mass is 9.84. The van der Waals surface area contributed by atoms with Gasteiger partial charge in [-0.1, -0.05) is 151 Å². The van der Waals surface area contributed by atoms with Gasteiger partial charge in [-0.2, -0.15) is 0 Å². The summed E-state index contributed by atoms with van der Waals surface area (Å²) in [7, 11) is 0. The first-order valence-electron chi connectivity index (χ1n) is 16.8. The maximum Gasteiger partial charge on any atom is 0.0629 e. The number of hydrogen-bond donors (Lipinski definition) is 0. The Hall–Kier alpha value is -5.20. The Labute approximate surface area is 243 Å². The second kappa shape index (κ2) is 9.22. The molecule has 0 amide bonds. The number of benzene rings is 8. The molecule has 8 rings (SSSR count). The van der Waals surface area contributed by atoms with Gasteiger partial charge >= 0.3 is 0 Å². The van der Waals surface area contributed by atoms with E-state index in [1.807, 2.05) is 42.5 Å². The molecule has 0 saturated heterocycles. The van der Waals surface area contributed by atoms with Crippen LogP contribution in [0.25, 0.3) is 76.5 Å². The van der Waals surface area contributed by atoms with E-state index in [0.29, 0.717) is 38.4 Å². The van der Waals surface area contributed by atoms with Crippen molar-refractivity contribution in [2.24, 2.45) is 0 Å². The first-order valence-corrected chi connectivity index (χ1v) is 13.3. The largest absolute Gasteiger partial charge is 0.0629 e. The topological polar surface area (TPSA) is 0 Å². The fourth-order valence-corrected chi connectivity index (χ4v) is 5.95. The van der Waals surface area contributed by atoms with Crippen LogP contribution in [0.2, 0.25) is 0 Å². The molecule has 0 radical (unpaired) electrons. The van der Waals surface area contributed by atoms with Crippen molar-refractivity contribution in [2.75, 3.05) is 0 Å². The summed E-state index contributed by atoms with van der Waals surface area (Å²) in [6.07, 6.45) is 0. The van der Waals surface area contributed by atoms with Crippen molar-refractivity contribution in [3.63, 3.8) is 0 Å². The first-order chi connectivity index (χ1) is 22.7. The highest BCUT2D eigenvalue weighted by Gasteiger charge is 2.18. The van der Waals surface area contributed by atoms with Gasteiger partial charge in [-0.25, -0.2) is 0 Å². The van der Waals surface area contributed by atoms with Crippen LogP contribution in [0, 0.1) is 0 Å². The lowest BCUT2D eigenvalue weighted by Crippen LogP contribution is -1.92. The Balaban J connectivity index is 1.58. The zero-order valence-corrected chi connectivity index (χ0v) is 21.5. The van der Waals surface area contributed by atoms with Crippen molar-refractivity contribution in [1.29, 1.82) is 0 Å². The van der Waals surface area contributed by atoms with Gasteiger partial charge in [0.1, 0.15) is 0 Å². The Morgan fingerprint density at radius 3 is 1.80 bits per heavy atom. The molecule has 40 heavy (non-hydrogen) atoms. The molecule has 0 heteroatoms. The Bertz CT molecular complexity index is 2610. The summed E-state index contributed by atoms with van der Waals surface area (Å²) in [6, 6.07) is 35.8. The van der Waals surface area contributed by atoms with Crippen LogP contribution in [-0.4, -0.2) is 0 Å². The molecule has 0 saturated carbocycles. The average molecular weight is 514 g/mol. The molecule has 0 aliphatic rings. The molecule has 0 N–H and O–H groups in total. The third kappa shape index (κ3) is 3.54. The van der Waals surface area contributed by atoms with E-state index in [1.165, 1.54) is 12.1 Å². The zero-order valence-electron chi connectivity index (χ0n) is 28.5. The van der Waals surface area contributed by atoms with E-state index in [-0.39, 0.29) is 47.7 Å². The highest BCUT2D eigenvalue weighted by molar-refractivity contribution is 6.24. The first kappa shape index (κ1) is 16.7. The molecule has 0 bridgehead atoms. The van der Waals surface area contributed by atoms with Gasteiger partial charge in [0.05, 0.1) is 9.60 Å². The standard InChI is InChI=1S/C40H26/c1-2-13-28(14-3-1)39-35-16-6-8-18-37(35)40(38-19-9-7-17-36(38)39)34-23-11-21-32-31(20-10-22-33(32)34)30-25-24-27-12-4-5-15-29(27)26-30/h1-26H/i6D,9D,13D,16D,17D,18D,19D. The van der Waals surface area contributed by atoms with E-state index < -0.39 is 0 Å². The predicted molar refractivity (Wildman–Crippen MR) is 173 cm³/mol. The summed E-state index contributed by atoms with van der Waals surface area (Å²) in [5, 5.41) is 5.38. The fraction of sp³-hybridized carbons (Fsp3) is 0. The Morgan fingerprint density at radius 2 is 1.00 bits per heavy atom. The van der Waals surface area contributed by atoms with Crippen molar-refractivity contribution in [3.8, 4) is 33.4 Å². The van der Waals surface area contributed by atoms with Gasteiger partial charge in [-0.3, -0.25) is 0 Å². The van der Waals surface area contributed by atoms with Crippen LogP contribution in [0.3, 0.4) is 0 Å². The molecule has 0 aliphatic heterocycles. The molecular formula is C40H26. The number of fused-ring (bicyclic) bond motifs is 4. The van der Waals surface area contributed by atoms with Gasteiger partial charge in [-0.15, -0.1) is 0 Å². The van der Waals surface area contributed by atoms with Gasteiger partial charge in [0.25, 0.3) is 0 Å². The van der Waals surface area contributed by atoms with Crippen molar-refractivity contribution < 1.29 is 9.60 Å². The van der Waals surface area contributed by atoms with E-state index in [9.17, 15) is 2.74 Å². The molecule has 0 aliphatic carbocycles.